The van der Waals surface area contributed by atoms with E-state index in [0.717, 1.165) is 0 Å². The molecular weight excluding hydrogens is 310 g/mol. The minimum atomic E-state index is -0.388. The summed E-state index contributed by atoms with van der Waals surface area (Å²) < 4.78 is 1.25. The van der Waals surface area contributed by atoms with Crippen molar-refractivity contribution in [3.63, 3.8) is 0 Å². The van der Waals surface area contributed by atoms with Gasteiger partial charge in [0.05, 0.1) is 11.7 Å². The zero-order valence-corrected chi connectivity index (χ0v) is 13.2. The largest absolute Gasteiger partial charge is 0.359 e. The molecule has 0 bridgehead atoms. The number of nitrogens with zero attached hydrogens (tertiary/aromatic N) is 2. The molecule has 2 heterocycles. The van der Waals surface area contributed by atoms with E-state index in [2.05, 4.69) is 21.2 Å². The van der Waals surface area contributed by atoms with Gasteiger partial charge in [-0.25, -0.2) is 4.98 Å². The fourth-order valence-corrected chi connectivity index (χ4v) is 2.63. The number of aromatic nitrogens is 2. The van der Waals surface area contributed by atoms with E-state index in [9.17, 15) is 9.59 Å². The lowest BCUT2D eigenvalue weighted by molar-refractivity contribution is -0.122. The molecule has 0 fully saturated rings. The maximum atomic E-state index is 12.1. The molecule has 9 heteroatoms. The number of hydrogen-bond acceptors (Lipinski definition) is 5. The topological polar surface area (TPSA) is 88.0 Å². The number of carbonyl (C=O) groups excluding carboxylic acids is 1. The van der Waals surface area contributed by atoms with Crippen molar-refractivity contribution in [3.05, 3.63) is 28.1 Å². The molecule has 0 aliphatic heterocycles. The molecular formula is C12H15N5O2S2. The molecule has 0 unspecified atom stereocenters. The second-order valence-corrected chi connectivity index (χ2v) is 5.92. The van der Waals surface area contributed by atoms with E-state index in [1.165, 1.54) is 22.2 Å². The molecule has 0 aliphatic rings. The Balaban J connectivity index is 1.97. The van der Waals surface area contributed by atoms with Crippen LogP contribution in [0.3, 0.4) is 0 Å². The molecule has 0 radical (unpaired) electrons. The molecule has 0 aliphatic carbocycles. The summed E-state index contributed by atoms with van der Waals surface area (Å²) in [7, 11) is 0. The molecule has 0 saturated carbocycles. The van der Waals surface area contributed by atoms with Crippen LogP contribution in [0, 0.1) is 0 Å². The second-order valence-electron chi connectivity index (χ2n) is 4.62. The minimum Gasteiger partial charge on any atom is -0.359 e. The predicted octanol–water partition coefficient (Wildman–Crippen LogP) is 0.362. The highest BCUT2D eigenvalue weighted by molar-refractivity contribution is 7.80. The van der Waals surface area contributed by atoms with Gasteiger partial charge in [0.2, 0.25) is 0 Å². The standard InChI is InChI=1S/C12H15N5O2S2/c1-7(2)14-12(20)16-15-9(18)5-17-6-13-10-8(11(17)19)3-4-21-10/h3-4,6-7H,5H2,1-2H3,(H,15,18)(H2,14,16,20). The molecule has 0 spiro atoms. The minimum absolute atomic E-state index is 0.130. The Kier molecular flexibility index (Phi) is 4.86. The number of hydrogen-bond donors (Lipinski definition) is 3. The molecule has 2 aromatic heterocycles. The second kappa shape index (κ2) is 6.64. The highest BCUT2D eigenvalue weighted by atomic mass is 32.1. The lowest BCUT2D eigenvalue weighted by atomic mass is 10.4. The van der Waals surface area contributed by atoms with Gasteiger partial charge in [-0.05, 0) is 37.5 Å². The van der Waals surface area contributed by atoms with Gasteiger partial charge in [-0.2, -0.15) is 0 Å². The number of nitrogens with one attached hydrogen (secondary N) is 3. The molecule has 0 saturated heterocycles. The van der Waals surface area contributed by atoms with E-state index in [4.69, 9.17) is 12.2 Å². The van der Waals surface area contributed by atoms with Crippen LogP contribution >= 0.6 is 23.6 Å². The van der Waals surface area contributed by atoms with Gasteiger partial charge in [0, 0.05) is 6.04 Å². The van der Waals surface area contributed by atoms with Crippen LogP contribution in [-0.4, -0.2) is 26.6 Å². The molecule has 112 valence electrons. The SMILES string of the molecule is CC(C)NC(=S)NNC(=O)Cn1cnc2sccc2c1=O. The third-order valence-electron chi connectivity index (χ3n) is 2.50. The van der Waals surface area contributed by atoms with E-state index >= 15 is 0 Å². The first kappa shape index (κ1) is 15.4. The first-order chi connectivity index (χ1) is 9.97. The van der Waals surface area contributed by atoms with Gasteiger partial charge < -0.3 is 5.32 Å². The third kappa shape index (κ3) is 3.99. The molecule has 0 aromatic carbocycles. The Labute approximate surface area is 130 Å². The smallest absolute Gasteiger partial charge is 0.262 e. The quantitative estimate of drug-likeness (QED) is 0.558. The summed E-state index contributed by atoms with van der Waals surface area (Å²) in [4.78, 5) is 28.7. The van der Waals surface area contributed by atoms with E-state index in [-0.39, 0.29) is 24.1 Å². The number of hydrazine groups is 1. The van der Waals surface area contributed by atoms with Crippen molar-refractivity contribution < 1.29 is 4.79 Å². The van der Waals surface area contributed by atoms with E-state index in [1.54, 1.807) is 11.4 Å². The Morgan fingerprint density at radius 3 is 2.95 bits per heavy atom. The van der Waals surface area contributed by atoms with Crippen molar-refractivity contribution in [1.82, 2.24) is 25.7 Å². The Hall–Kier alpha value is -2.00. The maximum absolute atomic E-state index is 12.1. The van der Waals surface area contributed by atoms with E-state index < -0.39 is 0 Å². The number of carbonyl (C=O) groups is 1. The first-order valence-corrected chi connectivity index (χ1v) is 7.54. The molecule has 0 atom stereocenters. The summed E-state index contributed by atoms with van der Waals surface area (Å²) in [6.45, 7) is 3.73. The van der Waals surface area contributed by atoms with Gasteiger partial charge >= 0.3 is 0 Å². The molecule has 7 nitrogen and oxygen atoms in total. The monoisotopic (exact) mass is 325 g/mol. The van der Waals surface area contributed by atoms with Gasteiger partial charge in [-0.15, -0.1) is 11.3 Å². The highest BCUT2D eigenvalue weighted by Gasteiger charge is 2.09. The summed E-state index contributed by atoms with van der Waals surface area (Å²) in [6, 6.07) is 1.86. The summed E-state index contributed by atoms with van der Waals surface area (Å²) >= 11 is 6.36. The van der Waals surface area contributed by atoms with Gasteiger partial charge in [0.15, 0.2) is 5.11 Å². The maximum Gasteiger partial charge on any atom is 0.262 e. The van der Waals surface area contributed by atoms with Crippen LogP contribution in [0.15, 0.2) is 22.6 Å². The van der Waals surface area contributed by atoms with E-state index in [0.29, 0.717) is 15.3 Å². The Bertz CT molecular complexity index is 722. The normalized spacial score (nSPS) is 10.6. The molecule has 21 heavy (non-hydrogen) atoms. The van der Waals surface area contributed by atoms with Crippen LogP contribution in [0.2, 0.25) is 0 Å². The van der Waals surface area contributed by atoms with Crippen molar-refractivity contribution in [3.8, 4) is 0 Å². The fraction of sp³-hybridized carbons (Fsp3) is 0.333. The molecule has 3 N–H and O–H groups in total. The zero-order valence-electron chi connectivity index (χ0n) is 11.5. The summed E-state index contributed by atoms with van der Waals surface area (Å²) in [6.07, 6.45) is 1.37. The van der Waals surface area contributed by atoms with Crippen LogP contribution in [0.1, 0.15) is 13.8 Å². The number of amides is 1. The lowest BCUT2D eigenvalue weighted by Gasteiger charge is -2.14. The number of thiophene rings is 1. The van der Waals surface area contributed by atoms with Crippen molar-refractivity contribution in [2.24, 2.45) is 0 Å². The van der Waals surface area contributed by atoms with Crippen molar-refractivity contribution >= 4 is 44.8 Å². The van der Waals surface area contributed by atoms with Crippen LogP contribution in [-0.2, 0) is 11.3 Å². The fourth-order valence-electron chi connectivity index (χ4n) is 1.62. The van der Waals surface area contributed by atoms with Crippen molar-refractivity contribution in [1.29, 1.82) is 0 Å². The first-order valence-electron chi connectivity index (χ1n) is 6.25. The summed E-state index contributed by atoms with van der Waals surface area (Å²) in [5, 5.41) is 5.54. The predicted molar refractivity (Wildman–Crippen MR) is 86.0 cm³/mol. The van der Waals surface area contributed by atoms with Gasteiger partial charge in [-0.1, -0.05) is 0 Å². The number of fused-ring (bicyclic) bond motifs is 1. The molecule has 2 rings (SSSR count). The van der Waals surface area contributed by atoms with E-state index in [1.807, 2.05) is 13.8 Å². The Morgan fingerprint density at radius 2 is 2.24 bits per heavy atom. The molecule has 2 aromatic rings. The van der Waals surface area contributed by atoms with Crippen LogP contribution in [0.25, 0.3) is 10.2 Å². The molecule has 1 amide bonds. The van der Waals surface area contributed by atoms with Gasteiger partial charge in [0.25, 0.3) is 11.5 Å². The summed E-state index contributed by atoms with van der Waals surface area (Å²) in [5.74, 6) is -0.388. The zero-order chi connectivity index (χ0) is 15.4. The van der Waals surface area contributed by atoms with Crippen molar-refractivity contribution in [2.75, 3.05) is 0 Å². The van der Waals surface area contributed by atoms with Crippen LogP contribution < -0.4 is 21.7 Å². The highest BCUT2D eigenvalue weighted by Crippen LogP contribution is 2.12. The average Bonchev–Trinajstić information content (AvgIpc) is 2.88. The third-order valence-corrected chi connectivity index (χ3v) is 3.54. The van der Waals surface area contributed by atoms with Crippen LogP contribution in [0.4, 0.5) is 0 Å². The van der Waals surface area contributed by atoms with Crippen LogP contribution in [0.5, 0.6) is 0 Å². The average molecular weight is 325 g/mol. The summed E-state index contributed by atoms with van der Waals surface area (Å²) in [5.41, 5.74) is 4.76. The number of thiocarbonyl (C=S) groups is 1. The van der Waals surface area contributed by atoms with Gasteiger partial charge in [0.1, 0.15) is 11.4 Å². The lowest BCUT2D eigenvalue weighted by Crippen LogP contribution is -2.49. The Morgan fingerprint density at radius 1 is 1.48 bits per heavy atom. The van der Waals surface area contributed by atoms with Gasteiger partial charge in [-0.3, -0.25) is 25.0 Å². The van der Waals surface area contributed by atoms with Crippen molar-refractivity contribution in [2.45, 2.75) is 26.4 Å². The number of rotatable bonds is 3.